The lowest BCUT2D eigenvalue weighted by Gasteiger charge is -2.15. The third-order valence-electron chi connectivity index (χ3n) is 3.71. The fourth-order valence-electron chi connectivity index (χ4n) is 2.52. The molecule has 0 spiro atoms. The van der Waals surface area contributed by atoms with Crippen LogP contribution in [-0.4, -0.2) is 17.6 Å². The van der Waals surface area contributed by atoms with Gasteiger partial charge in [0.1, 0.15) is 5.56 Å². The molecule has 6 heteroatoms. The standard InChI is InChI=1S/C19H16Cl2N2O2/c1-3-25-19(24)14-10-22-17-7-4-11(2)8-13(17)18(14)23-12-5-6-15(20)16(21)9-12/h4-10H,3H2,1-2H3,(H,22,23). The first-order valence-electron chi connectivity index (χ1n) is 7.78. The highest BCUT2D eigenvalue weighted by Gasteiger charge is 2.17. The highest BCUT2D eigenvalue weighted by Crippen LogP contribution is 2.32. The van der Waals surface area contributed by atoms with Crippen LogP contribution in [0.15, 0.2) is 42.6 Å². The number of ether oxygens (including phenoxy) is 1. The van der Waals surface area contributed by atoms with Gasteiger partial charge < -0.3 is 10.1 Å². The summed E-state index contributed by atoms with van der Waals surface area (Å²) >= 11 is 12.1. The van der Waals surface area contributed by atoms with E-state index in [1.165, 1.54) is 6.20 Å². The topological polar surface area (TPSA) is 51.2 Å². The van der Waals surface area contributed by atoms with Crippen LogP contribution in [0.4, 0.5) is 11.4 Å². The molecule has 2 aromatic carbocycles. The number of carbonyl (C=O) groups excluding carboxylic acids is 1. The summed E-state index contributed by atoms with van der Waals surface area (Å²) in [6.45, 7) is 4.04. The van der Waals surface area contributed by atoms with Crippen LogP contribution >= 0.6 is 23.2 Å². The van der Waals surface area contributed by atoms with Gasteiger partial charge in [0.2, 0.25) is 0 Å². The zero-order chi connectivity index (χ0) is 18.0. The number of pyridine rings is 1. The summed E-state index contributed by atoms with van der Waals surface area (Å²) in [6, 6.07) is 11.1. The van der Waals surface area contributed by atoms with Crippen molar-refractivity contribution in [3.05, 3.63) is 63.8 Å². The average molecular weight is 375 g/mol. The van der Waals surface area contributed by atoms with Crippen molar-refractivity contribution in [2.24, 2.45) is 0 Å². The smallest absolute Gasteiger partial charge is 0.341 e. The van der Waals surface area contributed by atoms with Crippen LogP contribution in [-0.2, 0) is 4.74 Å². The molecule has 128 valence electrons. The molecule has 1 N–H and O–H groups in total. The van der Waals surface area contributed by atoms with Gasteiger partial charge in [-0.3, -0.25) is 4.98 Å². The van der Waals surface area contributed by atoms with Crippen molar-refractivity contribution >= 4 is 51.4 Å². The Morgan fingerprint density at radius 2 is 1.96 bits per heavy atom. The Labute approximate surface area is 155 Å². The normalized spacial score (nSPS) is 10.7. The van der Waals surface area contributed by atoms with Gasteiger partial charge in [-0.25, -0.2) is 4.79 Å². The van der Waals surface area contributed by atoms with Crippen molar-refractivity contribution < 1.29 is 9.53 Å². The molecule has 0 unspecified atom stereocenters. The summed E-state index contributed by atoms with van der Waals surface area (Å²) < 4.78 is 5.16. The quantitative estimate of drug-likeness (QED) is 0.588. The molecule has 0 fully saturated rings. The van der Waals surface area contributed by atoms with Crippen LogP contribution in [0.25, 0.3) is 10.9 Å². The van der Waals surface area contributed by atoms with Crippen LogP contribution in [0.3, 0.4) is 0 Å². The molecule has 0 atom stereocenters. The van der Waals surface area contributed by atoms with E-state index in [2.05, 4.69) is 10.3 Å². The Balaban J connectivity index is 2.17. The predicted octanol–water partition coefficient (Wildman–Crippen LogP) is 5.77. The van der Waals surface area contributed by atoms with Crippen molar-refractivity contribution in [2.45, 2.75) is 13.8 Å². The van der Waals surface area contributed by atoms with E-state index in [1.807, 2.05) is 25.1 Å². The predicted molar refractivity (Wildman–Crippen MR) is 102 cm³/mol. The van der Waals surface area contributed by atoms with E-state index in [9.17, 15) is 4.79 Å². The van der Waals surface area contributed by atoms with Gasteiger partial charge in [-0.15, -0.1) is 0 Å². The van der Waals surface area contributed by atoms with E-state index in [-0.39, 0.29) is 6.61 Å². The zero-order valence-corrected chi connectivity index (χ0v) is 15.3. The molecule has 1 heterocycles. The number of aromatic nitrogens is 1. The van der Waals surface area contributed by atoms with Crippen LogP contribution in [0, 0.1) is 6.92 Å². The summed E-state index contributed by atoms with van der Waals surface area (Å²) in [6.07, 6.45) is 1.52. The summed E-state index contributed by atoms with van der Waals surface area (Å²) in [5.74, 6) is -0.430. The molecule has 1 aromatic heterocycles. The number of anilines is 2. The molecule has 3 rings (SSSR count). The van der Waals surface area contributed by atoms with Crippen molar-refractivity contribution in [3.8, 4) is 0 Å². The van der Waals surface area contributed by atoms with E-state index in [1.54, 1.807) is 25.1 Å². The third-order valence-corrected chi connectivity index (χ3v) is 4.45. The molecule has 4 nitrogen and oxygen atoms in total. The monoisotopic (exact) mass is 374 g/mol. The summed E-state index contributed by atoms with van der Waals surface area (Å²) in [5, 5.41) is 4.99. The summed E-state index contributed by atoms with van der Waals surface area (Å²) in [5.41, 5.74) is 3.55. The maximum atomic E-state index is 12.4. The average Bonchev–Trinajstić information content (AvgIpc) is 2.58. The van der Waals surface area contributed by atoms with Crippen molar-refractivity contribution in [1.29, 1.82) is 0 Å². The number of esters is 1. The second kappa shape index (κ2) is 7.30. The van der Waals surface area contributed by atoms with E-state index in [0.717, 1.165) is 16.5 Å². The third kappa shape index (κ3) is 3.70. The Hall–Kier alpha value is -2.30. The Morgan fingerprint density at radius 3 is 2.68 bits per heavy atom. The largest absolute Gasteiger partial charge is 0.462 e. The van der Waals surface area contributed by atoms with Gasteiger partial charge >= 0.3 is 5.97 Å². The van der Waals surface area contributed by atoms with Crippen molar-refractivity contribution in [3.63, 3.8) is 0 Å². The number of nitrogens with zero attached hydrogens (tertiary/aromatic N) is 1. The fourth-order valence-corrected chi connectivity index (χ4v) is 2.82. The number of hydrogen-bond donors (Lipinski definition) is 1. The molecule has 0 saturated carbocycles. The minimum atomic E-state index is -0.430. The van der Waals surface area contributed by atoms with Gasteiger partial charge in [0.15, 0.2) is 0 Å². The maximum absolute atomic E-state index is 12.4. The Kier molecular flexibility index (Phi) is 5.11. The number of halogens is 2. The first-order chi connectivity index (χ1) is 12.0. The number of nitrogens with one attached hydrogen (secondary N) is 1. The van der Waals surface area contributed by atoms with E-state index in [4.69, 9.17) is 27.9 Å². The van der Waals surface area contributed by atoms with Gasteiger partial charge in [-0.1, -0.05) is 34.8 Å². The second-order valence-corrected chi connectivity index (χ2v) is 6.36. The fraction of sp³-hybridized carbons (Fsp3) is 0.158. The molecule has 3 aromatic rings. The zero-order valence-electron chi connectivity index (χ0n) is 13.8. The van der Waals surface area contributed by atoms with Crippen LogP contribution in [0.2, 0.25) is 10.0 Å². The lowest BCUT2D eigenvalue weighted by Crippen LogP contribution is -2.09. The molecule has 0 amide bonds. The number of carbonyl (C=O) groups is 1. The molecule has 0 saturated heterocycles. The molecular formula is C19H16Cl2N2O2. The molecular weight excluding hydrogens is 359 g/mol. The minimum Gasteiger partial charge on any atom is -0.462 e. The number of rotatable bonds is 4. The van der Waals surface area contributed by atoms with Gasteiger partial charge in [-0.2, -0.15) is 0 Å². The number of fused-ring (bicyclic) bond motifs is 1. The Morgan fingerprint density at radius 1 is 1.16 bits per heavy atom. The maximum Gasteiger partial charge on any atom is 0.341 e. The molecule has 0 aliphatic rings. The van der Waals surface area contributed by atoms with Gasteiger partial charge in [0, 0.05) is 17.3 Å². The molecule has 0 bridgehead atoms. The first kappa shape index (κ1) is 17.5. The minimum absolute atomic E-state index is 0.289. The van der Waals surface area contributed by atoms with Gasteiger partial charge in [0.05, 0.1) is 27.9 Å². The summed E-state index contributed by atoms with van der Waals surface area (Å²) in [7, 11) is 0. The SMILES string of the molecule is CCOC(=O)c1cnc2ccc(C)cc2c1Nc1ccc(Cl)c(Cl)c1. The Bertz CT molecular complexity index is 958. The van der Waals surface area contributed by atoms with Crippen LogP contribution in [0.5, 0.6) is 0 Å². The first-order valence-corrected chi connectivity index (χ1v) is 8.53. The molecule has 0 radical (unpaired) electrons. The van der Waals surface area contributed by atoms with Crippen molar-refractivity contribution in [2.75, 3.05) is 11.9 Å². The molecule has 25 heavy (non-hydrogen) atoms. The highest BCUT2D eigenvalue weighted by molar-refractivity contribution is 6.42. The van der Waals surface area contributed by atoms with Crippen molar-refractivity contribution in [1.82, 2.24) is 4.98 Å². The van der Waals surface area contributed by atoms with Gasteiger partial charge in [0.25, 0.3) is 0 Å². The second-order valence-electron chi connectivity index (χ2n) is 5.54. The van der Waals surface area contributed by atoms with E-state index < -0.39 is 5.97 Å². The number of hydrogen-bond acceptors (Lipinski definition) is 4. The molecule has 0 aliphatic carbocycles. The van der Waals surface area contributed by atoms with E-state index >= 15 is 0 Å². The van der Waals surface area contributed by atoms with Gasteiger partial charge in [-0.05, 0) is 44.2 Å². The number of aryl methyl sites for hydroxylation is 1. The molecule has 0 aliphatic heterocycles. The lowest BCUT2D eigenvalue weighted by atomic mass is 10.1. The number of benzene rings is 2. The van der Waals surface area contributed by atoms with E-state index in [0.29, 0.717) is 27.0 Å². The highest BCUT2D eigenvalue weighted by atomic mass is 35.5. The lowest BCUT2D eigenvalue weighted by molar-refractivity contribution is 0.0527. The summed E-state index contributed by atoms with van der Waals surface area (Å²) in [4.78, 5) is 16.7. The van der Waals surface area contributed by atoms with Crippen LogP contribution < -0.4 is 5.32 Å². The van der Waals surface area contributed by atoms with Crippen LogP contribution in [0.1, 0.15) is 22.8 Å².